The van der Waals surface area contributed by atoms with Gasteiger partial charge in [0.15, 0.2) is 11.5 Å². The summed E-state index contributed by atoms with van der Waals surface area (Å²) in [6.45, 7) is 4.82. The Morgan fingerprint density at radius 1 is 0.926 bits per heavy atom. The highest BCUT2D eigenvalue weighted by Gasteiger charge is 2.14. The van der Waals surface area contributed by atoms with Crippen LogP contribution in [0.25, 0.3) is 0 Å². The van der Waals surface area contributed by atoms with Gasteiger partial charge >= 0.3 is 11.9 Å². The Hall–Kier alpha value is -2.21. The van der Waals surface area contributed by atoms with Gasteiger partial charge in [-0.1, -0.05) is 45.6 Å². The summed E-state index contributed by atoms with van der Waals surface area (Å²) in [5, 5.41) is 2.95. The van der Waals surface area contributed by atoms with E-state index in [0.717, 1.165) is 50.4 Å². The van der Waals surface area contributed by atoms with Crippen LogP contribution in [0.3, 0.4) is 0 Å². The Kier molecular flexibility index (Phi) is 11.8. The van der Waals surface area contributed by atoms with Crippen molar-refractivity contribution in [1.29, 1.82) is 0 Å². The molecule has 0 spiro atoms. The lowest BCUT2D eigenvalue weighted by molar-refractivity contribution is -0.137. The summed E-state index contributed by atoms with van der Waals surface area (Å²) >= 11 is 0. The maximum Gasteiger partial charge on any atom is 0.311 e. The monoisotopic (exact) mass is 377 g/mol. The van der Waals surface area contributed by atoms with E-state index < -0.39 is 0 Å². The van der Waals surface area contributed by atoms with Crippen molar-refractivity contribution in [2.24, 2.45) is 0 Å². The van der Waals surface area contributed by atoms with Gasteiger partial charge < -0.3 is 19.6 Å². The van der Waals surface area contributed by atoms with Crippen LogP contribution in [-0.2, 0) is 20.9 Å². The number of esters is 2. The second-order valence-corrected chi connectivity index (χ2v) is 6.44. The highest BCUT2D eigenvalue weighted by Crippen LogP contribution is 2.29. The number of hydrogen-bond acceptors (Lipinski definition) is 6. The maximum absolute atomic E-state index is 12.1. The number of benzene rings is 1. The average molecular weight is 377 g/mol. The molecular weight excluding hydrogens is 346 g/mol. The van der Waals surface area contributed by atoms with Crippen molar-refractivity contribution in [2.75, 3.05) is 6.54 Å². The molecule has 0 unspecified atom stereocenters. The number of aldehydes is 1. The highest BCUT2D eigenvalue weighted by molar-refractivity contribution is 5.76. The van der Waals surface area contributed by atoms with E-state index in [1.807, 2.05) is 0 Å². The Morgan fingerprint density at radius 3 is 2.07 bits per heavy atom. The molecule has 6 nitrogen and oxygen atoms in total. The third-order valence-corrected chi connectivity index (χ3v) is 3.98. The van der Waals surface area contributed by atoms with Crippen molar-refractivity contribution in [2.45, 2.75) is 71.8 Å². The van der Waals surface area contributed by atoms with E-state index in [2.05, 4.69) is 19.2 Å². The number of rotatable bonds is 14. The second-order valence-electron chi connectivity index (χ2n) is 6.44. The molecule has 0 aliphatic heterocycles. The number of carbonyl (C=O) groups excluding carboxylic acids is 3. The summed E-state index contributed by atoms with van der Waals surface area (Å²) in [5.41, 5.74) is 0.832. The Balaban J connectivity index is 2.80. The quantitative estimate of drug-likeness (QED) is 0.229. The largest absolute Gasteiger partial charge is 0.423 e. The number of hydrogen-bond donors (Lipinski definition) is 1. The summed E-state index contributed by atoms with van der Waals surface area (Å²) in [5.74, 6) is -0.187. The average Bonchev–Trinajstić information content (AvgIpc) is 2.64. The lowest BCUT2D eigenvalue weighted by Crippen LogP contribution is -2.16. The minimum atomic E-state index is -0.343. The summed E-state index contributed by atoms with van der Waals surface area (Å²) in [6.07, 6.45) is 6.95. The first-order chi connectivity index (χ1) is 13.1. The molecule has 0 amide bonds. The molecule has 1 aromatic carbocycles. The standard InChI is InChI=1S/C21H31NO5/c1-3-5-7-9-20(24)26-18-12-11-17(16-22-13-14-23)15-19(18)27-21(25)10-8-6-4-2/h11-12,14-15,22H,3-10,13,16H2,1-2H3. The molecule has 27 heavy (non-hydrogen) atoms. The van der Waals surface area contributed by atoms with Gasteiger partial charge in [-0.15, -0.1) is 0 Å². The minimum Gasteiger partial charge on any atom is -0.423 e. The van der Waals surface area contributed by atoms with Crippen LogP contribution in [0.15, 0.2) is 18.2 Å². The third kappa shape index (κ3) is 9.89. The predicted octanol–water partition coefficient (Wildman–Crippen LogP) is 3.95. The van der Waals surface area contributed by atoms with Crippen LogP contribution >= 0.6 is 0 Å². The first-order valence-electron chi connectivity index (χ1n) is 9.79. The SMILES string of the molecule is CCCCCC(=O)Oc1ccc(CNCC=O)cc1OC(=O)CCCCC. The van der Waals surface area contributed by atoms with E-state index in [0.29, 0.717) is 19.4 Å². The molecule has 0 atom stereocenters. The first kappa shape index (κ1) is 22.8. The van der Waals surface area contributed by atoms with Gasteiger partial charge in [0.05, 0.1) is 6.54 Å². The zero-order chi connectivity index (χ0) is 19.9. The van der Waals surface area contributed by atoms with Gasteiger partial charge in [-0.2, -0.15) is 0 Å². The van der Waals surface area contributed by atoms with Gasteiger partial charge in [0.2, 0.25) is 0 Å². The molecule has 1 rings (SSSR count). The molecule has 1 N–H and O–H groups in total. The van der Waals surface area contributed by atoms with Crippen molar-refractivity contribution in [3.8, 4) is 11.5 Å². The fourth-order valence-corrected chi connectivity index (χ4v) is 2.49. The maximum atomic E-state index is 12.1. The molecule has 0 saturated carbocycles. The zero-order valence-electron chi connectivity index (χ0n) is 16.4. The van der Waals surface area contributed by atoms with Crippen LogP contribution in [0, 0.1) is 0 Å². The van der Waals surface area contributed by atoms with Crippen LogP contribution in [-0.4, -0.2) is 24.8 Å². The minimum absolute atomic E-state index is 0.236. The Labute approximate surface area is 161 Å². The number of carbonyl (C=O) groups is 3. The van der Waals surface area contributed by atoms with E-state index >= 15 is 0 Å². The van der Waals surface area contributed by atoms with Gasteiger partial charge in [-0.25, -0.2) is 0 Å². The second kappa shape index (κ2) is 13.9. The molecule has 0 heterocycles. The van der Waals surface area contributed by atoms with Crippen molar-refractivity contribution in [1.82, 2.24) is 5.32 Å². The van der Waals surface area contributed by atoms with Crippen molar-refractivity contribution in [3.05, 3.63) is 23.8 Å². The smallest absolute Gasteiger partial charge is 0.311 e. The molecule has 1 aromatic rings. The molecule has 0 aliphatic carbocycles. The molecule has 0 fully saturated rings. The number of unbranched alkanes of at least 4 members (excludes halogenated alkanes) is 4. The van der Waals surface area contributed by atoms with E-state index in [-0.39, 0.29) is 30.0 Å². The highest BCUT2D eigenvalue weighted by atomic mass is 16.6. The topological polar surface area (TPSA) is 81.7 Å². The molecule has 0 aromatic heterocycles. The molecule has 0 radical (unpaired) electrons. The van der Waals surface area contributed by atoms with Gasteiger partial charge in [0, 0.05) is 19.4 Å². The molecule has 0 bridgehead atoms. The van der Waals surface area contributed by atoms with Crippen LogP contribution in [0.1, 0.15) is 70.8 Å². The van der Waals surface area contributed by atoms with E-state index in [1.165, 1.54) is 0 Å². The summed E-state index contributed by atoms with van der Waals surface area (Å²) in [7, 11) is 0. The van der Waals surface area contributed by atoms with Gasteiger partial charge in [0.25, 0.3) is 0 Å². The molecule has 0 saturated heterocycles. The molecule has 150 valence electrons. The zero-order valence-corrected chi connectivity index (χ0v) is 16.4. The van der Waals surface area contributed by atoms with Gasteiger partial charge in [-0.05, 0) is 30.5 Å². The van der Waals surface area contributed by atoms with E-state index in [4.69, 9.17) is 9.47 Å². The van der Waals surface area contributed by atoms with E-state index in [1.54, 1.807) is 18.2 Å². The fraction of sp³-hybridized carbons (Fsp3) is 0.571. The normalized spacial score (nSPS) is 10.4. The summed E-state index contributed by atoms with van der Waals surface area (Å²) in [4.78, 5) is 34.5. The third-order valence-electron chi connectivity index (χ3n) is 3.98. The molecular formula is C21H31NO5. The van der Waals surface area contributed by atoms with Crippen LogP contribution < -0.4 is 14.8 Å². The van der Waals surface area contributed by atoms with Gasteiger partial charge in [0.1, 0.15) is 6.29 Å². The van der Waals surface area contributed by atoms with Crippen LogP contribution in [0.5, 0.6) is 11.5 Å². The number of ether oxygens (including phenoxy) is 2. The summed E-state index contributed by atoms with van der Waals surface area (Å²) < 4.78 is 10.9. The van der Waals surface area contributed by atoms with Crippen molar-refractivity contribution < 1.29 is 23.9 Å². The Morgan fingerprint density at radius 2 is 1.52 bits per heavy atom. The first-order valence-corrected chi connectivity index (χ1v) is 9.79. The number of nitrogens with one attached hydrogen (secondary N) is 1. The lowest BCUT2D eigenvalue weighted by atomic mass is 10.2. The molecule has 0 aliphatic rings. The summed E-state index contributed by atoms with van der Waals surface area (Å²) in [6, 6.07) is 5.08. The van der Waals surface area contributed by atoms with Crippen LogP contribution in [0.4, 0.5) is 0 Å². The van der Waals surface area contributed by atoms with Gasteiger partial charge in [-0.3, -0.25) is 9.59 Å². The molecule has 6 heteroatoms. The van der Waals surface area contributed by atoms with Crippen molar-refractivity contribution >= 4 is 18.2 Å². The van der Waals surface area contributed by atoms with Crippen molar-refractivity contribution in [3.63, 3.8) is 0 Å². The van der Waals surface area contributed by atoms with E-state index in [9.17, 15) is 14.4 Å². The fourth-order valence-electron chi connectivity index (χ4n) is 2.49. The Bertz CT molecular complexity index is 600. The lowest BCUT2D eigenvalue weighted by Gasteiger charge is -2.12. The van der Waals surface area contributed by atoms with Crippen LogP contribution in [0.2, 0.25) is 0 Å². The predicted molar refractivity (Wildman–Crippen MR) is 104 cm³/mol.